The minimum absolute atomic E-state index is 0.108. The van der Waals surface area contributed by atoms with Crippen molar-refractivity contribution < 1.29 is 28.3 Å². The molecule has 3 N–H and O–H groups in total. The van der Waals surface area contributed by atoms with E-state index in [1.54, 1.807) is 12.1 Å². The fourth-order valence-electron chi connectivity index (χ4n) is 3.88. The molecule has 6 nitrogen and oxygen atoms in total. The van der Waals surface area contributed by atoms with Crippen molar-refractivity contribution >= 4 is 29.4 Å². The number of nitrogens with one attached hydrogen (secondary N) is 2. The number of amides is 2. The molecule has 9 heteroatoms. The molecule has 3 rings (SSSR count). The summed E-state index contributed by atoms with van der Waals surface area (Å²) in [6.45, 7) is 3.64. The standard InChI is InChI=1S/C28H27ClF2N2O4/c1-28(2,16-17-3-9-20(29)10-4-17)33-27(37)24(13-14-25(34)35)32-26(36)19-7-5-18(6-8-19)22-12-11-21(30)15-23(22)31/h3-12,15,24H,13-14,16H2,1-2H3,(H,32,36)(H,33,37)(H,34,35)/t24-/m0/s1. The highest BCUT2D eigenvalue weighted by Crippen LogP contribution is 2.24. The first-order chi connectivity index (χ1) is 17.4. The van der Waals surface area contributed by atoms with Crippen molar-refractivity contribution in [3.63, 3.8) is 0 Å². The Kier molecular flexibility index (Phi) is 8.99. The first kappa shape index (κ1) is 27.8. The molecule has 0 fully saturated rings. The molecule has 0 saturated carbocycles. The van der Waals surface area contributed by atoms with Crippen molar-refractivity contribution in [1.82, 2.24) is 10.6 Å². The van der Waals surface area contributed by atoms with Crippen LogP contribution in [0.4, 0.5) is 8.78 Å². The van der Waals surface area contributed by atoms with Gasteiger partial charge < -0.3 is 15.7 Å². The molecule has 2 amide bonds. The van der Waals surface area contributed by atoms with Crippen LogP contribution in [0.3, 0.4) is 0 Å². The third-order valence-electron chi connectivity index (χ3n) is 5.68. The smallest absolute Gasteiger partial charge is 0.303 e. The summed E-state index contributed by atoms with van der Waals surface area (Å²) < 4.78 is 27.3. The molecule has 0 radical (unpaired) electrons. The predicted molar refractivity (Wildman–Crippen MR) is 137 cm³/mol. The summed E-state index contributed by atoms with van der Waals surface area (Å²) in [5, 5.41) is 15.2. The number of carbonyl (C=O) groups is 3. The number of carbonyl (C=O) groups excluding carboxylic acids is 2. The summed E-state index contributed by atoms with van der Waals surface area (Å²) in [5.74, 6) is -3.63. The zero-order valence-corrected chi connectivity index (χ0v) is 21.1. The van der Waals surface area contributed by atoms with Crippen molar-refractivity contribution in [3.8, 4) is 11.1 Å². The van der Waals surface area contributed by atoms with Crippen molar-refractivity contribution in [2.45, 2.75) is 44.7 Å². The first-order valence-electron chi connectivity index (χ1n) is 11.6. The van der Waals surface area contributed by atoms with Gasteiger partial charge in [0.2, 0.25) is 5.91 Å². The quantitative estimate of drug-likeness (QED) is 0.329. The summed E-state index contributed by atoms with van der Waals surface area (Å²) in [7, 11) is 0. The molecule has 0 saturated heterocycles. The maximum atomic E-state index is 14.1. The van der Waals surface area contributed by atoms with Crippen LogP contribution in [-0.2, 0) is 16.0 Å². The molecule has 1 atom stereocenters. The van der Waals surface area contributed by atoms with Crippen LogP contribution in [0, 0.1) is 11.6 Å². The van der Waals surface area contributed by atoms with Gasteiger partial charge in [0, 0.05) is 34.2 Å². The lowest BCUT2D eigenvalue weighted by molar-refractivity contribution is -0.137. The van der Waals surface area contributed by atoms with E-state index >= 15 is 0 Å². The van der Waals surface area contributed by atoms with Gasteiger partial charge in [0.1, 0.15) is 17.7 Å². The Labute approximate surface area is 218 Å². The molecule has 0 aromatic heterocycles. The fourth-order valence-corrected chi connectivity index (χ4v) is 4.01. The van der Waals surface area contributed by atoms with Crippen LogP contribution in [0.15, 0.2) is 66.7 Å². The molecular formula is C28H27ClF2N2O4. The summed E-state index contributed by atoms with van der Waals surface area (Å²) >= 11 is 5.93. The Bertz CT molecular complexity index is 1280. The van der Waals surface area contributed by atoms with Gasteiger partial charge in [0.25, 0.3) is 5.91 Å². The highest BCUT2D eigenvalue weighted by Gasteiger charge is 2.28. The number of carboxylic acids is 1. The topological polar surface area (TPSA) is 95.5 Å². The van der Waals surface area contributed by atoms with Gasteiger partial charge in [-0.2, -0.15) is 0 Å². The van der Waals surface area contributed by atoms with E-state index in [2.05, 4.69) is 10.6 Å². The number of aliphatic carboxylic acids is 1. The summed E-state index contributed by atoms with van der Waals surface area (Å²) in [6, 6.07) is 15.2. The van der Waals surface area contributed by atoms with Crippen molar-refractivity contribution in [1.29, 1.82) is 0 Å². The van der Waals surface area contributed by atoms with E-state index in [1.807, 2.05) is 26.0 Å². The fraction of sp³-hybridized carbons (Fsp3) is 0.250. The second kappa shape index (κ2) is 12.0. The van der Waals surface area contributed by atoms with Crippen LogP contribution in [0.1, 0.15) is 42.6 Å². The molecule has 37 heavy (non-hydrogen) atoms. The maximum absolute atomic E-state index is 14.1. The van der Waals surface area contributed by atoms with Gasteiger partial charge in [0.05, 0.1) is 0 Å². The van der Waals surface area contributed by atoms with E-state index in [4.69, 9.17) is 16.7 Å². The van der Waals surface area contributed by atoms with Crippen LogP contribution in [0.2, 0.25) is 5.02 Å². The minimum Gasteiger partial charge on any atom is -0.481 e. The van der Waals surface area contributed by atoms with Crippen LogP contribution in [0.25, 0.3) is 11.1 Å². The lowest BCUT2D eigenvalue weighted by Crippen LogP contribution is -2.54. The predicted octanol–water partition coefficient (Wildman–Crippen LogP) is 5.39. The molecule has 0 aliphatic heterocycles. The number of carboxylic acid groups (broad SMARTS) is 1. The Balaban J connectivity index is 1.71. The summed E-state index contributed by atoms with van der Waals surface area (Å²) in [5.41, 5.74) is 1.06. The second-order valence-electron chi connectivity index (χ2n) is 9.34. The molecule has 0 unspecified atom stereocenters. The van der Waals surface area contributed by atoms with Gasteiger partial charge in [-0.1, -0.05) is 35.9 Å². The number of hydrogen-bond acceptors (Lipinski definition) is 3. The van der Waals surface area contributed by atoms with Gasteiger partial charge in [-0.05, 0) is 74.2 Å². The van der Waals surface area contributed by atoms with Crippen molar-refractivity contribution in [3.05, 3.63) is 94.5 Å². The molecule has 0 bridgehead atoms. The lowest BCUT2D eigenvalue weighted by Gasteiger charge is -2.29. The average Bonchev–Trinajstić information content (AvgIpc) is 2.82. The monoisotopic (exact) mass is 528 g/mol. The van der Waals surface area contributed by atoms with E-state index in [0.29, 0.717) is 17.0 Å². The Hall–Kier alpha value is -3.78. The molecule has 0 aliphatic carbocycles. The lowest BCUT2D eigenvalue weighted by atomic mass is 9.94. The van der Waals surface area contributed by atoms with Crippen molar-refractivity contribution in [2.75, 3.05) is 0 Å². The summed E-state index contributed by atoms with van der Waals surface area (Å²) in [6.07, 6.45) is 0.0540. The first-order valence-corrected chi connectivity index (χ1v) is 12.0. The molecule has 194 valence electrons. The van der Waals surface area contributed by atoms with Crippen LogP contribution in [-0.4, -0.2) is 34.5 Å². The zero-order valence-electron chi connectivity index (χ0n) is 20.4. The largest absolute Gasteiger partial charge is 0.481 e. The van der Waals surface area contributed by atoms with E-state index < -0.39 is 41.0 Å². The normalized spacial score (nSPS) is 12.0. The Morgan fingerprint density at radius 3 is 2.22 bits per heavy atom. The second-order valence-corrected chi connectivity index (χ2v) is 9.77. The third kappa shape index (κ3) is 8.11. The van der Waals surface area contributed by atoms with E-state index in [1.165, 1.54) is 30.3 Å². The SMILES string of the molecule is CC(C)(Cc1ccc(Cl)cc1)NC(=O)[C@H](CCC(=O)O)NC(=O)c1ccc(-c2ccc(F)cc2F)cc1. The number of hydrogen-bond donors (Lipinski definition) is 3. The number of halogens is 3. The molecule has 0 spiro atoms. The third-order valence-corrected chi connectivity index (χ3v) is 5.93. The average molecular weight is 529 g/mol. The Morgan fingerprint density at radius 1 is 0.973 bits per heavy atom. The van der Waals surface area contributed by atoms with Crippen LogP contribution in [0.5, 0.6) is 0 Å². The van der Waals surface area contributed by atoms with E-state index in [9.17, 15) is 23.2 Å². The highest BCUT2D eigenvalue weighted by atomic mass is 35.5. The molecule has 0 aliphatic rings. The van der Waals surface area contributed by atoms with Gasteiger partial charge in [-0.15, -0.1) is 0 Å². The zero-order chi connectivity index (χ0) is 27.2. The Morgan fingerprint density at radius 2 is 1.62 bits per heavy atom. The van der Waals surface area contributed by atoms with E-state index in [0.717, 1.165) is 17.7 Å². The van der Waals surface area contributed by atoms with E-state index in [-0.39, 0.29) is 24.0 Å². The van der Waals surface area contributed by atoms with Crippen molar-refractivity contribution in [2.24, 2.45) is 0 Å². The van der Waals surface area contributed by atoms with Crippen LogP contribution >= 0.6 is 11.6 Å². The number of benzene rings is 3. The highest BCUT2D eigenvalue weighted by molar-refractivity contribution is 6.30. The van der Waals surface area contributed by atoms with Gasteiger partial charge >= 0.3 is 5.97 Å². The molecule has 0 heterocycles. The number of rotatable bonds is 10. The van der Waals surface area contributed by atoms with Gasteiger partial charge in [-0.3, -0.25) is 14.4 Å². The van der Waals surface area contributed by atoms with Gasteiger partial charge in [0.15, 0.2) is 0 Å². The van der Waals surface area contributed by atoms with Crippen LogP contribution < -0.4 is 10.6 Å². The van der Waals surface area contributed by atoms with Gasteiger partial charge in [-0.25, -0.2) is 8.78 Å². The molecule has 3 aromatic rings. The minimum atomic E-state index is -1.10. The summed E-state index contributed by atoms with van der Waals surface area (Å²) in [4.78, 5) is 37.1. The molecular weight excluding hydrogens is 502 g/mol. The maximum Gasteiger partial charge on any atom is 0.303 e. The molecule has 3 aromatic carbocycles.